The van der Waals surface area contributed by atoms with E-state index in [9.17, 15) is 13.9 Å². The Morgan fingerprint density at radius 3 is 2.71 bits per heavy atom. The Morgan fingerprint density at radius 1 is 1.48 bits per heavy atom. The number of aromatic nitrogens is 3. The zero-order valence-electron chi connectivity index (χ0n) is 11.3. The molecular weight excluding hydrogens is 298 g/mol. The molecule has 8 heteroatoms. The second-order valence-electron chi connectivity index (χ2n) is 4.63. The van der Waals surface area contributed by atoms with Crippen molar-refractivity contribution in [2.24, 2.45) is 5.73 Å². The zero-order chi connectivity index (χ0) is 15.6. The highest BCUT2D eigenvalue weighted by Gasteiger charge is 2.33. The number of halogens is 2. The predicted octanol–water partition coefficient (Wildman–Crippen LogP) is 1.49. The molecule has 1 atom stereocenters. The molecule has 0 amide bonds. The van der Waals surface area contributed by atoms with E-state index in [1.54, 1.807) is 6.92 Å². The summed E-state index contributed by atoms with van der Waals surface area (Å²) >= 11 is 4.66. The average molecular weight is 312 g/mol. The molecule has 21 heavy (non-hydrogen) atoms. The van der Waals surface area contributed by atoms with E-state index in [2.05, 4.69) is 22.3 Å². The smallest absolute Gasteiger partial charge is 0.142 e. The summed E-state index contributed by atoms with van der Waals surface area (Å²) in [5.41, 5.74) is 3.20. The third-order valence-corrected chi connectivity index (χ3v) is 3.52. The van der Waals surface area contributed by atoms with E-state index in [-0.39, 0.29) is 18.5 Å². The van der Waals surface area contributed by atoms with E-state index in [0.29, 0.717) is 0 Å². The Hall–Kier alpha value is -1.93. The van der Waals surface area contributed by atoms with Crippen LogP contribution in [0.15, 0.2) is 24.8 Å². The molecule has 1 aromatic carbocycles. The van der Waals surface area contributed by atoms with Gasteiger partial charge in [-0.2, -0.15) is 5.10 Å². The maximum absolute atomic E-state index is 14.5. The Labute approximate surface area is 125 Å². The first kappa shape index (κ1) is 15.5. The Morgan fingerprint density at radius 2 is 2.19 bits per heavy atom. The molecule has 0 saturated heterocycles. The Balaban J connectivity index is 2.52. The van der Waals surface area contributed by atoms with Gasteiger partial charge in [-0.3, -0.25) is 0 Å². The van der Waals surface area contributed by atoms with Crippen LogP contribution in [-0.4, -0.2) is 24.9 Å². The molecule has 2 aromatic rings. The van der Waals surface area contributed by atoms with Crippen molar-refractivity contribution >= 4 is 17.2 Å². The summed E-state index contributed by atoms with van der Waals surface area (Å²) in [6.07, 6.45) is 2.89. The van der Waals surface area contributed by atoms with Crippen LogP contribution in [0.3, 0.4) is 0 Å². The van der Waals surface area contributed by atoms with Gasteiger partial charge in [0.1, 0.15) is 34.9 Å². The van der Waals surface area contributed by atoms with Gasteiger partial charge in [-0.25, -0.2) is 18.4 Å². The number of hydrogen-bond acceptors (Lipinski definition) is 4. The lowest BCUT2D eigenvalue weighted by Crippen LogP contribution is -2.33. The third-order valence-electron chi connectivity index (χ3n) is 3.31. The van der Waals surface area contributed by atoms with E-state index in [1.165, 1.54) is 23.4 Å². The van der Waals surface area contributed by atoms with Gasteiger partial charge >= 0.3 is 0 Å². The standard InChI is InChI=1S/C13H14F2N4OS/c1-2-13(20,5-19-7-17-6-18-19)8-3-4-9(14)10(11(8)15)12(16)21/h3-4,6-7,20H,2,5H2,1H3,(H2,16,21). The molecule has 5 nitrogen and oxygen atoms in total. The fourth-order valence-corrected chi connectivity index (χ4v) is 2.29. The average Bonchev–Trinajstić information content (AvgIpc) is 2.90. The Bertz CT molecular complexity index is 662. The molecule has 1 heterocycles. The van der Waals surface area contributed by atoms with E-state index < -0.39 is 27.8 Å². The first-order valence-corrected chi connectivity index (χ1v) is 6.63. The monoisotopic (exact) mass is 312 g/mol. The van der Waals surface area contributed by atoms with Crippen molar-refractivity contribution in [3.63, 3.8) is 0 Å². The molecular formula is C13H14F2N4OS. The van der Waals surface area contributed by atoms with Crippen molar-refractivity contribution in [2.45, 2.75) is 25.5 Å². The highest BCUT2D eigenvalue weighted by Crippen LogP contribution is 2.31. The minimum atomic E-state index is -1.58. The topological polar surface area (TPSA) is 77.0 Å². The first-order valence-electron chi connectivity index (χ1n) is 6.22. The lowest BCUT2D eigenvalue weighted by Gasteiger charge is -2.28. The maximum Gasteiger partial charge on any atom is 0.142 e. The minimum absolute atomic E-state index is 0.0250. The molecule has 0 aliphatic carbocycles. The Kier molecular flexibility index (Phi) is 4.29. The number of benzene rings is 1. The van der Waals surface area contributed by atoms with Crippen LogP contribution in [0.1, 0.15) is 24.5 Å². The van der Waals surface area contributed by atoms with Crippen LogP contribution in [-0.2, 0) is 12.1 Å². The summed E-state index contributed by atoms with van der Waals surface area (Å²) in [6.45, 7) is 1.66. The number of nitrogens with zero attached hydrogens (tertiary/aromatic N) is 3. The summed E-state index contributed by atoms with van der Waals surface area (Å²) in [6, 6.07) is 2.22. The van der Waals surface area contributed by atoms with Crippen LogP contribution in [0.5, 0.6) is 0 Å². The summed E-state index contributed by atoms with van der Waals surface area (Å²) in [5, 5.41) is 14.6. The molecule has 0 bridgehead atoms. The van der Waals surface area contributed by atoms with Crippen molar-refractivity contribution in [2.75, 3.05) is 0 Å². The van der Waals surface area contributed by atoms with E-state index in [0.717, 1.165) is 6.07 Å². The van der Waals surface area contributed by atoms with E-state index in [1.807, 2.05) is 0 Å². The van der Waals surface area contributed by atoms with E-state index in [4.69, 9.17) is 5.73 Å². The fraction of sp³-hybridized carbons (Fsp3) is 0.308. The number of hydrogen-bond donors (Lipinski definition) is 2. The molecule has 1 aromatic heterocycles. The SMILES string of the molecule is CCC(O)(Cn1cncn1)c1ccc(F)c(C(N)=S)c1F. The predicted molar refractivity (Wildman–Crippen MR) is 76.5 cm³/mol. The minimum Gasteiger partial charge on any atom is -0.389 e. The molecule has 2 rings (SSSR count). The van der Waals surface area contributed by atoms with Crippen LogP contribution in [0, 0.1) is 11.6 Å². The largest absolute Gasteiger partial charge is 0.389 e. The molecule has 112 valence electrons. The fourth-order valence-electron chi connectivity index (χ4n) is 2.11. The van der Waals surface area contributed by atoms with Crippen LogP contribution in [0.25, 0.3) is 0 Å². The molecule has 0 radical (unpaired) electrons. The van der Waals surface area contributed by atoms with Gasteiger partial charge in [0.25, 0.3) is 0 Å². The summed E-state index contributed by atoms with van der Waals surface area (Å²) in [7, 11) is 0. The molecule has 0 aliphatic heterocycles. The van der Waals surface area contributed by atoms with Gasteiger partial charge in [-0.1, -0.05) is 25.2 Å². The summed E-state index contributed by atoms with van der Waals surface area (Å²) in [5.74, 6) is -1.81. The maximum atomic E-state index is 14.5. The second-order valence-corrected chi connectivity index (χ2v) is 5.07. The quantitative estimate of drug-likeness (QED) is 0.818. The van der Waals surface area contributed by atoms with Crippen molar-refractivity contribution in [3.05, 3.63) is 47.5 Å². The van der Waals surface area contributed by atoms with Crippen molar-refractivity contribution in [3.8, 4) is 0 Å². The van der Waals surface area contributed by atoms with Crippen LogP contribution in [0.2, 0.25) is 0 Å². The molecule has 0 fully saturated rings. The van der Waals surface area contributed by atoms with Gasteiger partial charge in [-0.15, -0.1) is 0 Å². The first-order chi connectivity index (χ1) is 9.89. The van der Waals surface area contributed by atoms with Crippen LogP contribution >= 0.6 is 12.2 Å². The van der Waals surface area contributed by atoms with Crippen LogP contribution in [0.4, 0.5) is 8.78 Å². The van der Waals surface area contributed by atoms with Gasteiger partial charge in [-0.05, 0) is 12.5 Å². The number of nitrogens with two attached hydrogens (primary N) is 1. The molecule has 0 saturated carbocycles. The van der Waals surface area contributed by atoms with Gasteiger partial charge in [0.15, 0.2) is 0 Å². The van der Waals surface area contributed by atoms with Gasteiger partial charge in [0.05, 0.1) is 12.1 Å². The van der Waals surface area contributed by atoms with E-state index >= 15 is 0 Å². The third kappa shape index (κ3) is 2.91. The molecule has 1 unspecified atom stereocenters. The summed E-state index contributed by atoms with van der Waals surface area (Å²) in [4.78, 5) is 3.37. The van der Waals surface area contributed by atoms with Crippen molar-refractivity contribution in [1.82, 2.24) is 14.8 Å². The zero-order valence-corrected chi connectivity index (χ0v) is 12.1. The van der Waals surface area contributed by atoms with Gasteiger partial charge in [0, 0.05) is 5.56 Å². The van der Waals surface area contributed by atoms with Gasteiger partial charge in [0.2, 0.25) is 0 Å². The normalized spacial score (nSPS) is 13.9. The molecule has 3 N–H and O–H groups in total. The van der Waals surface area contributed by atoms with Crippen LogP contribution < -0.4 is 5.73 Å². The summed E-state index contributed by atoms with van der Waals surface area (Å²) < 4.78 is 29.5. The number of thiocarbonyl (C=S) groups is 1. The molecule has 0 aliphatic rings. The second kappa shape index (κ2) is 5.82. The lowest BCUT2D eigenvalue weighted by atomic mass is 9.89. The molecule has 0 spiro atoms. The number of aliphatic hydroxyl groups is 1. The van der Waals surface area contributed by atoms with Gasteiger partial charge < -0.3 is 10.8 Å². The highest BCUT2D eigenvalue weighted by atomic mass is 32.1. The van der Waals surface area contributed by atoms with Crippen molar-refractivity contribution < 1.29 is 13.9 Å². The van der Waals surface area contributed by atoms with Crippen molar-refractivity contribution in [1.29, 1.82) is 0 Å². The number of rotatable bonds is 5. The highest BCUT2D eigenvalue weighted by molar-refractivity contribution is 7.80. The lowest BCUT2D eigenvalue weighted by molar-refractivity contribution is 0.00754.